The molecule has 0 spiro atoms. The van der Waals surface area contributed by atoms with Gasteiger partial charge in [0.15, 0.2) is 21.3 Å². The highest BCUT2D eigenvalue weighted by Crippen LogP contribution is 2.23. The van der Waals surface area contributed by atoms with E-state index in [4.69, 9.17) is 0 Å². The average Bonchev–Trinajstić information content (AvgIpc) is 2.72. The molecule has 0 aromatic carbocycles. The standard InChI is InChI=1S/C13H15N3O4S/c17-13(18)11-12(14-10-4-1-2-6-16(10)11)15-5-3-8-21(19,20)9-7-15/h1-2,4,6H,3,5,7-9H2,(H,17,18). The Kier molecular flexibility index (Phi) is 3.32. The fourth-order valence-electron chi connectivity index (χ4n) is 2.55. The molecule has 21 heavy (non-hydrogen) atoms. The van der Waals surface area contributed by atoms with Crippen LogP contribution in [0, 0.1) is 0 Å². The summed E-state index contributed by atoms with van der Waals surface area (Å²) in [5.41, 5.74) is 0.613. The molecule has 0 unspecified atom stereocenters. The topological polar surface area (TPSA) is 92.0 Å². The molecule has 0 atom stereocenters. The molecule has 112 valence electrons. The van der Waals surface area contributed by atoms with E-state index in [0.29, 0.717) is 24.4 Å². The van der Waals surface area contributed by atoms with Gasteiger partial charge in [-0.1, -0.05) is 6.07 Å². The summed E-state index contributed by atoms with van der Waals surface area (Å²) >= 11 is 0. The lowest BCUT2D eigenvalue weighted by Gasteiger charge is -2.19. The van der Waals surface area contributed by atoms with E-state index in [-0.39, 0.29) is 23.7 Å². The summed E-state index contributed by atoms with van der Waals surface area (Å²) in [4.78, 5) is 17.7. The fraction of sp³-hybridized carbons (Fsp3) is 0.385. The molecule has 1 aliphatic rings. The molecule has 0 saturated carbocycles. The number of hydrogen-bond acceptors (Lipinski definition) is 5. The van der Waals surface area contributed by atoms with E-state index in [1.807, 2.05) is 0 Å². The van der Waals surface area contributed by atoms with Crippen LogP contribution < -0.4 is 4.90 Å². The third kappa shape index (κ3) is 2.58. The fourth-order valence-corrected chi connectivity index (χ4v) is 3.82. The first kappa shape index (κ1) is 13.9. The van der Waals surface area contributed by atoms with Crippen molar-refractivity contribution < 1.29 is 18.3 Å². The van der Waals surface area contributed by atoms with Gasteiger partial charge in [-0.2, -0.15) is 0 Å². The van der Waals surface area contributed by atoms with E-state index >= 15 is 0 Å². The predicted molar refractivity (Wildman–Crippen MR) is 77.6 cm³/mol. The maximum Gasteiger partial charge on any atom is 0.356 e. The number of sulfone groups is 1. The summed E-state index contributed by atoms with van der Waals surface area (Å²) in [5, 5.41) is 9.45. The van der Waals surface area contributed by atoms with Crippen molar-refractivity contribution in [2.45, 2.75) is 6.42 Å². The van der Waals surface area contributed by atoms with Gasteiger partial charge >= 0.3 is 5.97 Å². The lowest BCUT2D eigenvalue weighted by atomic mass is 10.3. The predicted octanol–water partition coefficient (Wildman–Crippen LogP) is 0.657. The highest BCUT2D eigenvalue weighted by molar-refractivity contribution is 7.91. The van der Waals surface area contributed by atoms with Crippen LogP contribution in [-0.2, 0) is 9.84 Å². The third-order valence-electron chi connectivity index (χ3n) is 3.57. The zero-order valence-electron chi connectivity index (χ0n) is 11.3. The molecule has 1 fully saturated rings. The van der Waals surface area contributed by atoms with Crippen LogP contribution >= 0.6 is 0 Å². The zero-order chi connectivity index (χ0) is 15.0. The molecule has 1 saturated heterocycles. The Balaban J connectivity index is 2.07. The van der Waals surface area contributed by atoms with Crippen molar-refractivity contribution in [2.75, 3.05) is 29.5 Å². The molecule has 0 amide bonds. The van der Waals surface area contributed by atoms with Gasteiger partial charge in [0.25, 0.3) is 0 Å². The van der Waals surface area contributed by atoms with E-state index in [1.165, 1.54) is 4.40 Å². The van der Waals surface area contributed by atoms with E-state index in [0.717, 1.165) is 0 Å². The monoisotopic (exact) mass is 309 g/mol. The summed E-state index contributed by atoms with van der Waals surface area (Å²) in [6, 6.07) is 5.24. The molecule has 7 nitrogen and oxygen atoms in total. The molecule has 0 radical (unpaired) electrons. The van der Waals surface area contributed by atoms with Crippen molar-refractivity contribution in [2.24, 2.45) is 0 Å². The van der Waals surface area contributed by atoms with Crippen LogP contribution in [0.15, 0.2) is 24.4 Å². The Morgan fingerprint density at radius 1 is 1.24 bits per heavy atom. The third-order valence-corrected chi connectivity index (χ3v) is 5.28. The first-order valence-corrected chi connectivity index (χ1v) is 8.46. The van der Waals surface area contributed by atoms with Crippen LogP contribution in [0.4, 0.5) is 5.82 Å². The van der Waals surface area contributed by atoms with Crippen molar-refractivity contribution in [3.63, 3.8) is 0 Å². The Morgan fingerprint density at radius 2 is 2.05 bits per heavy atom. The second-order valence-electron chi connectivity index (χ2n) is 5.01. The number of pyridine rings is 1. The summed E-state index contributed by atoms with van der Waals surface area (Å²) in [6.07, 6.45) is 2.12. The number of aromatic nitrogens is 2. The number of imidazole rings is 1. The summed E-state index contributed by atoms with van der Waals surface area (Å²) < 4.78 is 24.9. The number of anilines is 1. The smallest absolute Gasteiger partial charge is 0.356 e. The number of carbonyl (C=O) groups is 1. The van der Waals surface area contributed by atoms with Gasteiger partial charge in [0.1, 0.15) is 5.65 Å². The van der Waals surface area contributed by atoms with Crippen LogP contribution in [0.3, 0.4) is 0 Å². The van der Waals surface area contributed by atoms with Crippen molar-refractivity contribution in [1.29, 1.82) is 0 Å². The van der Waals surface area contributed by atoms with Crippen molar-refractivity contribution in [3.05, 3.63) is 30.1 Å². The van der Waals surface area contributed by atoms with Gasteiger partial charge in [-0.25, -0.2) is 18.2 Å². The molecule has 1 N–H and O–H groups in total. The molecule has 2 aromatic rings. The first-order chi connectivity index (χ1) is 9.98. The molecule has 1 aliphatic heterocycles. The van der Waals surface area contributed by atoms with Crippen LogP contribution in [-0.4, -0.2) is 53.5 Å². The van der Waals surface area contributed by atoms with E-state index in [9.17, 15) is 18.3 Å². The van der Waals surface area contributed by atoms with Gasteiger partial charge in [-0.05, 0) is 18.6 Å². The van der Waals surface area contributed by atoms with E-state index in [1.54, 1.807) is 29.3 Å². The number of carboxylic acids is 1. The highest BCUT2D eigenvalue weighted by atomic mass is 32.2. The average molecular weight is 309 g/mol. The molecule has 3 rings (SSSR count). The van der Waals surface area contributed by atoms with Gasteiger partial charge in [-0.3, -0.25) is 4.40 Å². The Labute approximate surface area is 121 Å². The molecule has 0 aliphatic carbocycles. The maximum atomic E-state index is 11.7. The number of aromatic carboxylic acids is 1. The molecular weight excluding hydrogens is 294 g/mol. The second-order valence-corrected chi connectivity index (χ2v) is 7.31. The number of hydrogen-bond donors (Lipinski definition) is 1. The van der Waals surface area contributed by atoms with Gasteiger partial charge in [-0.15, -0.1) is 0 Å². The van der Waals surface area contributed by atoms with E-state index < -0.39 is 15.8 Å². The first-order valence-electron chi connectivity index (χ1n) is 6.64. The number of carboxylic acid groups (broad SMARTS) is 1. The Hall–Kier alpha value is -2.09. The second kappa shape index (κ2) is 5.03. The summed E-state index contributed by atoms with van der Waals surface area (Å²) in [6.45, 7) is 0.760. The summed E-state index contributed by atoms with van der Waals surface area (Å²) in [7, 11) is -3.05. The number of nitrogens with zero attached hydrogens (tertiary/aromatic N) is 3. The number of fused-ring (bicyclic) bond motifs is 1. The minimum atomic E-state index is -3.05. The number of rotatable bonds is 2. The molecular formula is C13H15N3O4S. The summed E-state index contributed by atoms with van der Waals surface area (Å²) in [5.74, 6) is -0.569. The van der Waals surface area contributed by atoms with Crippen LogP contribution in [0.5, 0.6) is 0 Å². The minimum absolute atomic E-state index is 0.0277. The largest absolute Gasteiger partial charge is 0.476 e. The molecule has 0 bridgehead atoms. The lowest BCUT2D eigenvalue weighted by molar-refractivity contribution is 0.0690. The highest BCUT2D eigenvalue weighted by Gasteiger charge is 2.26. The van der Waals surface area contributed by atoms with Gasteiger partial charge in [0.2, 0.25) is 0 Å². The SMILES string of the molecule is O=C(O)c1c(N2CCCS(=O)(=O)CC2)nc2ccccn12. The van der Waals surface area contributed by atoms with Crippen LogP contribution in [0.25, 0.3) is 5.65 Å². The molecule has 2 aromatic heterocycles. The van der Waals surface area contributed by atoms with Crippen molar-refractivity contribution in [1.82, 2.24) is 9.38 Å². The van der Waals surface area contributed by atoms with Gasteiger partial charge in [0.05, 0.1) is 11.5 Å². The van der Waals surface area contributed by atoms with Crippen LogP contribution in [0.2, 0.25) is 0 Å². The molecule has 3 heterocycles. The molecule has 8 heteroatoms. The Bertz CT molecular complexity index is 797. The lowest BCUT2D eigenvalue weighted by Crippen LogP contribution is -2.28. The van der Waals surface area contributed by atoms with Gasteiger partial charge < -0.3 is 10.0 Å². The van der Waals surface area contributed by atoms with Crippen molar-refractivity contribution in [3.8, 4) is 0 Å². The quantitative estimate of drug-likeness (QED) is 0.876. The Morgan fingerprint density at radius 3 is 2.81 bits per heavy atom. The maximum absolute atomic E-state index is 11.7. The minimum Gasteiger partial charge on any atom is -0.476 e. The van der Waals surface area contributed by atoms with Crippen molar-refractivity contribution >= 4 is 27.3 Å². The normalized spacial score (nSPS) is 18.6. The zero-order valence-corrected chi connectivity index (χ0v) is 12.1. The van der Waals surface area contributed by atoms with Gasteiger partial charge in [0, 0.05) is 19.3 Å². The van der Waals surface area contributed by atoms with E-state index in [2.05, 4.69) is 4.98 Å². The van der Waals surface area contributed by atoms with Crippen LogP contribution in [0.1, 0.15) is 16.9 Å².